The van der Waals surface area contributed by atoms with Crippen LogP contribution in [-0.2, 0) is 10.0 Å². The Kier molecular flexibility index (Phi) is 1.29. The van der Waals surface area contributed by atoms with E-state index in [0.29, 0.717) is 11.7 Å². The molecular formula is C6H11NO2S. The van der Waals surface area contributed by atoms with Gasteiger partial charge in [0.25, 0.3) is 0 Å². The molecule has 2 rings (SSSR count). The molecule has 0 aromatic heterocycles. The third-order valence-electron chi connectivity index (χ3n) is 2.22. The predicted molar refractivity (Wildman–Crippen MR) is 38.1 cm³/mol. The molecule has 1 saturated carbocycles. The molecule has 10 heavy (non-hydrogen) atoms. The Morgan fingerprint density at radius 1 is 1.20 bits per heavy atom. The summed E-state index contributed by atoms with van der Waals surface area (Å²) in [4.78, 5) is 0. The molecule has 1 aliphatic carbocycles. The maximum absolute atomic E-state index is 10.9. The monoisotopic (exact) mass is 161 g/mol. The van der Waals surface area contributed by atoms with Crippen molar-refractivity contribution in [2.24, 2.45) is 5.92 Å². The van der Waals surface area contributed by atoms with E-state index in [0.717, 1.165) is 6.42 Å². The number of sulfonamides is 1. The second-order valence-electron chi connectivity index (χ2n) is 3.17. The van der Waals surface area contributed by atoms with Crippen LogP contribution < -0.4 is 4.72 Å². The minimum absolute atomic E-state index is 0.282. The minimum Gasteiger partial charge on any atom is -0.212 e. The lowest BCUT2D eigenvalue weighted by molar-refractivity contribution is 0.548. The van der Waals surface area contributed by atoms with Gasteiger partial charge in [-0.15, -0.1) is 0 Å². The predicted octanol–water partition coefficient (Wildman–Crippen LogP) is 0.0881. The summed E-state index contributed by atoms with van der Waals surface area (Å²) in [6, 6.07) is 0.282. The first-order chi connectivity index (χ1) is 4.67. The van der Waals surface area contributed by atoms with Gasteiger partial charge in [-0.2, -0.15) is 0 Å². The van der Waals surface area contributed by atoms with Crippen molar-refractivity contribution < 1.29 is 8.42 Å². The molecule has 1 aliphatic heterocycles. The van der Waals surface area contributed by atoms with E-state index in [9.17, 15) is 8.42 Å². The van der Waals surface area contributed by atoms with E-state index in [2.05, 4.69) is 4.72 Å². The van der Waals surface area contributed by atoms with Crippen molar-refractivity contribution >= 4 is 10.0 Å². The van der Waals surface area contributed by atoms with Gasteiger partial charge in [0.15, 0.2) is 0 Å². The van der Waals surface area contributed by atoms with Crippen LogP contribution >= 0.6 is 0 Å². The van der Waals surface area contributed by atoms with Crippen LogP contribution in [0, 0.1) is 5.92 Å². The summed E-state index contributed by atoms with van der Waals surface area (Å²) in [5, 5.41) is 0. The molecule has 1 unspecified atom stereocenters. The van der Waals surface area contributed by atoms with E-state index in [1.807, 2.05) is 0 Å². The van der Waals surface area contributed by atoms with Crippen LogP contribution in [0.25, 0.3) is 0 Å². The molecule has 0 aromatic rings. The topological polar surface area (TPSA) is 46.2 Å². The number of hydrogen-bond acceptors (Lipinski definition) is 2. The summed E-state index contributed by atoms with van der Waals surface area (Å²) in [7, 11) is -2.85. The molecule has 1 heterocycles. The SMILES string of the molecule is O=S1(=O)CCC(C2CC2)N1. The Balaban J connectivity index is 2.05. The largest absolute Gasteiger partial charge is 0.212 e. The summed E-state index contributed by atoms with van der Waals surface area (Å²) in [6.45, 7) is 0. The van der Waals surface area contributed by atoms with E-state index >= 15 is 0 Å². The molecule has 0 radical (unpaired) electrons. The van der Waals surface area contributed by atoms with Crippen LogP contribution in [0.2, 0.25) is 0 Å². The van der Waals surface area contributed by atoms with Gasteiger partial charge in [-0.05, 0) is 25.2 Å². The van der Waals surface area contributed by atoms with Crippen LogP contribution in [0.1, 0.15) is 19.3 Å². The Bertz CT molecular complexity index is 230. The maximum Gasteiger partial charge on any atom is 0.211 e. The average Bonchev–Trinajstić information content (AvgIpc) is 2.59. The lowest BCUT2D eigenvalue weighted by Crippen LogP contribution is -2.27. The molecule has 1 N–H and O–H groups in total. The van der Waals surface area contributed by atoms with Gasteiger partial charge in [-0.1, -0.05) is 0 Å². The van der Waals surface area contributed by atoms with E-state index < -0.39 is 10.0 Å². The highest BCUT2D eigenvalue weighted by atomic mass is 32.2. The van der Waals surface area contributed by atoms with Gasteiger partial charge in [0.05, 0.1) is 5.75 Å². The van der Waals surface area contributed by atoms with Gasteiger partial charge < -0.3 is 0 Å². The molecule has 1 atom stereocenters. The van der Waals surface area contributed by atoms with Gasteiger partial charge in [0.2, 0.25) is 10.0 Å². The zero-order valence-corrected chi connectivity index (χ0v) is 6.52. The molecular weight excluding hydrogens is 150 g/mol. The average molecular weight is 161 g/mol. The summed E-state index contributed by atoms with van der Waals surface area (Å²) in [5.41, 5.74) is 0. The van der Waals surface area contributed by atoms with E-state index in [1.165, 1.54) is 12.8 Å². The third kappa shape index (κ3) is 1.18. The standard InChI is InChI=1S/C6H11NO2S/c8-10(9)4-3-6(7-10)5-1-2-5/h5-7H,1-4H2. The first kappa shape index (κ1) is 6.61. The van der Waals surface area contributed by atoms with E-state index in [-0.39, 0.29) is 6.04 Å². The maximum atomic E-state index is 10.9. The first-order valence-electron chi connectivity index (χ1n) is 3.67. The van der Waals surface area contributed by atoms with Crippen LogP contribution in [0.4, 0.5) is 0 Å². The number of hydrogen-bond donors (Lipinski definition) is 1. The van der Waals surface area contributed by atoms with Crippen LogP contribution in [-0.4, -0.2) is 20.2 Å². The first-order valence-corrected chi connectivity index (χ1v) is 5.33. The van der Waals surface area contributed by atoms with Gasteiger partial charge in [0, 0.05) is 6.04 Å². The van der Waals surface area contributed by atoms with Crippen molar-refractivity contribution in [3.05, 3.63) is 0 Å². The summed E-state index contributed by atoms with van der Waals surface area (Å²) < 4.78 is 24.4. The Hall–Kier alpha value is -0.0900. The highest BCUT2D eigenvalue weighted by Crippen LogP contribution is 2.36. The molecule has 0 spiro atoms. The van der Waals surface area contributed by atoms with Gasteiger partial charge in [-0.3, -0.25) is 0 Å². The second-order valence-corrected chi connectivity index (χ2v) is 5.04. The van der Waals surface area contributed by atoms with Gasteiger partial charge in [0.1, 0.15) is 0 Å². The summed E-state index contributed by atoms with van der Waals surface area (Å²) >= 11 is 0. The van der Waals surface area contributed by atoms with Crippen molar-refractivity contribution in [1.82, 2.24) is 4.72 Å². The quantitative estimate of drug-likeness (QED) is 0.592. The van der Waals surface area contributed by atoms with Crippen LogP contribution in [0.3, 0.4) is 0 Å². The van der Waals surface area contributed by atoms with Crippen molar-refractivity contribution in [3.8, 4) is 0 Å². The van der Waals surface area contributed by atoms with Crippen LogP contribution in [0.5, 0.6) is 0 Å². The second kappa shape index (κ2) is 1.95. The van der Waals surface area contributed by atoms with E-state index in [4.69, 9.17) is 0 Å². The van der Waals surface area contributed by atoms with Crippen molar-refractivity contribution in [3.63, 3.8) is 0 Å². The van der Waals surface area contributed by atoms with Gasteiger partial charge in [-0.25, -0.2) is 13.1 Å². The zero-order valence-electron chi connectivity index (χ0n) is 5.71. The molecule has 0 amide bonds. The van der Waals surface area contributed by atoms with Crippen molar-refractivity contribution in [1.29, 1.82) is 0 Å². The lowest BCUT2D eigenvalue weighted by Gasteiger charge is -2.03. The lowest BCUT2D eigenvalue weighted by atomic mass is 10.1. The molecule has 1 saturated heterocycles. The number of nitrogens with one attached hydrogen (secondary N) is 1. The molecule has 4 heteroatoms. The fourth-order valence-electron chi connectivity index (χ4n) is 1.46. The Labute approximate surface area is 60.9 Å². The normalized spacial score (nSPS) is 38.2. The molecule has 2 fully saturated rings. The Morgan fingerprint density at radius 3 is 2.30 bits per heavy atom. The fraction of sp³-hybridized carbons (Fsp3) is 1.00. The highest BCUT2D eigenvalue weighted by molar-refractivity contribution is 7.89. The third-order valence-corrected chi connectivity index (χ3v) is 3.65. The minimum atomic E-state index is -2.85. The molecule has 0 aromatic carbocycles. The van der Waals surface area contributed by atoms with Crippen LogP contribution in [0.15, 0.2) is 0 Å². The molecule has 2 aliphatic rings. The van der Waals surface area contributed by atoms with Crippen molar-refractivity contribution in [2.45, 2.75) is 25.3 Å². The fourth-order valence-corrected chi connectivity index (χ4v) is 2.91. The Morgan fingerprint density at radius 2 is 1.90 bits per heavy atom. The van der Waals surface area contributed by atoms with E-state index in [1.54, 1.807) is 0 Å². The molecule has 3 nitrogen and oxygen atoms in total. The number of rotatable bonds is 1. The summed E-state index contributed by atoms with van der Waals surface area (Å²) in [6.07, 6.45) is 3.26. The smallest absolute Gasteiger partial charge is 0.211 e. The highest BCUT2D eigenvalue weighted by Gasteiger charge is 2.38. The summed E-state index contributed by atoms with van der Waals surface area (Å²) in [5.74, 6) is 1.01. The van der Waals surface area contributed by atoms with Crippen molar-refractivity contribution in [2.75, 3.05) is 5.75 Å². The van der Waals surface area contributed by atoms with Gasteiger partial charge >= 0.3 is 0 Å². The molecule has 58 valence electrons. The molecule has 0 bridgehead atoms. The zero-order chi connectivity index (χ0) is 7.19.